The number of aromatic hydroxyl groups is 1. The second-order valence-corrected chi connectivity index (χ2v) is 3.65. The monoisotopic (exact) mass is 200 g/mol. The Morgan fingerprint density at radius 1 is 1.33 bits per heavy atom. The Morgan fingerprint density at radius 3 is 2.87 bits per heavy atom. The summed E-state index contributed by atoms with van der Waals surface area (Å²) in [4.78, 5) is 0. The van der Waals surface area contributed by atoms with E-state index in [-0.39, 0.29) is 5.88 Å². The van der Waals surface area contributed by atoms with Crippen LogP contribution in [0, 0.1) is 6.92 Å². The van der Waals surface area contributed by atoms with E-state index in [1.807, 2.05) is 22.8 Å². The first-order valence-electron chi connectivity index (χ1n) is 4.95. The van der Waals surface area contributed by atoms with E-state index < -0.39 is 0 Å². The third-order valence-electron chi connectivity index (χ3n) is 2.47. The lowest BCUT2D eigenvalue weighted by Crippen LogP contribution is -2.33. The maximum Gasteiger partial charge on any atom is 0.366 e. The van der Waals surface area contributed by atoms with E-state index in [9.17, 15) is 5.11 Å². The second-order valence-electron chi connectivity index (χ2n) is 3.65. The molecular formula is C13H14NO+. The number of aryl methyl sites for hydroxylation is 1. The molecule has 2 rings (SSSR count). The zero-order chi connectivity index (χ0) is 10.8. The van der Waals surface area contributed by atoms with Crippen LogP contribution in [0.25, 0.3) is 10.9 Å². The fourth-order valence-electron chi connectivity index (χ4n) is 1.75. The van der Waals surface area contributed by atoms with E-state index in [1.54, 1.807) is 12.1 Å². The average molecular weight is 200 g/mol. The molecule has 0 unspecified atom stereocenters. The van der Waals surface area contributed by atoms with Crippen molar-refractivity contribution in [3.05, 3.63) is 48.6 Å². The van der Waals surface area contributed by atoms with Gasteiger partial charge in [-0.2, -0.15) is 4.57 Å². The molecule has 0 fully saturated rings. The summed E-state index contributed by atoms with van der Waals surface area (Å²) in [7, 11) is 0. The van der Waals surface area contributed by atoms with Crippen LogP contribution in [0.4, 0.5) is 0 Å². The van der Waals surface area contributed by atoms with Crippen molar-refractivity contribution in [2.75, 3.05) is 0 Å². The molecule has 2 aromatic rings. The first kappa shape index (κ1) is 9.71. The smallest absolute Gasteiger partial charge is 0.366 e. The van der Waals surface area contributed by atoms with E-state index in [4.69, 9.17) is 0 Å². The highest BCUT2D eigenvalue weighted by Crippen LogP contribution is 2.15. The largest absolute Gasteiger partial charge is 0.460 e. The lowest BCUT2D eigenvalue weighted by Gasteiger charge is -2.01. The standard InChI is InChI=1S/C13H13NO/c1-3-8-14-12-6-4-10(2)9-11(12)5-7-13(14)15/h3-7,9H,1,8H2,2H3/p+1. The van der Waals surface area contributed by atoms with Gasteiger partial charge in [0.15, 0.2) is 6.54 Å². The summed E-state index contributed by atoms with van der Waals surface area (Å²) in [5.41, 5.74) is 2.25. The molecule has 0 saturated heterocycles. The fourth-order valence-corrected chi connectivity index (χ4v) is 1.75. The Hall–Kier alpha value is -1.83. The van der Waals surface area contributed by atoms with Crippen molar-refractivity contribution in [2.45, 2.75) is 13.5 Å². The third kappa shape index (κ3) is 1.71. The summed E-state index contributed by atoms with van der Waals surface area (Å²) in [6.45, 7) is 6.37. The van der Waals surface area contributed by atoms with Crippen LogP contribution in [0.5, 0.6) is 5.88 Å². The molecule has 0 aliphatic heterocycles. The van der Waals surface area contributed by atoms with Crippen LogP contribution in [0.2, 0.25) is 0 Å². The highest BCUT2D eigenvalue weighted by Gasteiger charge is 2.12. The Labute approximate surface area is 89.1 Å². The Morgan fingerprint density at radius 2 is 2.13 bits per heavy atom. The minimum atomic E-state index is 0.270. The van der Waals surface area contributed by atoms with Gasteiger partial charge in [0.1, 0.15) is 0 Å². The van der Waals surface area contributed by atoms with Gasteiger partial charge in [0, 0.05) is 11.5 Å². The maximum atomic E-state index is 9.72. The summed E-state index contributed by atoms with van der Waals surface area (Å²) in [6.07, 6.45) is 1.78. The van der Waals surface area contributed by atoms with Crippen LogP contribution in [-0.2, 0) is 6.54 Å². The number of hydrogen-bond donors (Lipinski definition) is 1. The van der Waals surface area contributed by atoms with Gasteiger partial charge in [-0.3, -0.25) is 0 Å². The molecule has 2 nitrogen and oxygen atoms in total. The van der Waals surface area contributed by atoms with Gasteiger partial charge >= 0.3 is 5.88 Å². The molecule has 15 heavy (non-hydrogen) atoms. The van der Waals surface area contributed by atoms with Gasteiger partial charge in [-0.05, 0) is 25.1 Å². The Balaban J connectivity index is 2.75. The number of allylic oxidation sites excluding steroid dienone is 1. The topological polar surface area (TPSA) is 24.1 Å². The van der Waals surface area contributed by atoms with Gasteiger partial charge in [-0.25, -0.2) is 0 Å². The molecule has 0 radical (unpaired) electrons. The maximum absolute atomic E-state index is 9.72. The van der Waals surface area contributed by atoms with Gasteiger partial charge in [-0.1, -0.05) is 18.2 Å². The average Bonchev–Trinajstić information content (AvgIpc) is 2.22. The number of pyridine rings is 1. The summed E-state index contributed by atoms with van der Waals surface area (Å²) in [5.74, 6) is 0.270. The molecule has 0 spiro atoms. The van der Waals surface area contributed by atoms with Crippen LogP contribution < -0.4 is 4.57 Å². The molecule has 0 saturated carbocycles. The molecule has 1 aromatic heterocycles. The minimum Gasteiger partial charge on any atom is -0.460 e. The first-order chi connectivity index (χ1) is 7.22. The van der Waals surface area contributed by atoms with E-state index in [2.05, 4.69) is 19.6 Å². The van der Waals surface area contributed by atoms with Gasteiger partial charge in [-0.15, -0.1) is 0 Å². The quantitative estimate of drug-likeness (QED) is 0.584. The van der Waals surface area contributed by atoms with E-state index >= 15 is 0 Å². The number of aromatic nitrogens is 1. The zero-order valence-electron chi connectivity index (χ0n) is 8.77. The van der Waals surface area contributed by atoms with E-state index in [0.29, 0.717) is 6.54 Å². The van der Waals surface area contributed by atoms with Gasteiger partial charge < -0.3 is 5.11 Å². The van der Waals surface area contributed by atoms with E-state index in [1.165, 1.54) is 5.56 Å². The fraction of sp³-hybridized carbons (Fsp3) is 0.154. The summed E-state index contributed by atoms with van der Waals surface area (Å²) in [5, 5.41) is 10.9. The first-order valence-corrected chi connectivity index (χ1v) is 4.95. The van der Waals surface area contributed by atoms with Crippen molar-refractivity contribution >= 4 is 10.9 Å². The Kier molecular flexibility index (Phi) is 2.42. The van der Waals surface area contributed by atoms with Crippen LogP contribution in [0.15, 0.2) is 43.0 Å². The van der Waals surface area contributed by atoms with Crippen LogP contribution in [-0.4, -0.2) is 5.11 Å². The highest BCUT2D eigenvalue weighted by atomic mass is 16.3. The summed E-state index contributed by atoms with van der Waals surface area (Å²) in [6, 6.07) is 9.81. The molecule has 0 bridgehead atoms. The van der Waals surface area contributed by atoms with Crippen LogP contribution in [0.3, 0.4) is 0 Å². The predicted molar refractivity (Wildman–Crippen MR) is 60.7 cm³/mol. The molecule has 0 aliphatic carbocycles. The van der Waals surface area contributed by atoms with Crippen molar-refractivity contribution in [3.8, 4) is 5.88 Å². The van der Waals surface area contributed by atoms with E-state index in [0.717, 1.165) is 10.9 Å². The van der Waals surface area contributed by atoms with Crippen LogP contribution in [0.1, 0.15) is 5.56 Å². The molecule has 1 aromatic carbocycles. The third-order valence-corrected chi connectivity index (χ3v) is 2.47. The van der Waals surface area contributed by atoms with Crippen molar-refractivity contribution in [1.29, 1.82) is 0 Å². The molecule has 1 N–H and O–H groups in total. The van der Waals surface area contributed by atoms with Crippen molar-refractivity contribution < 1.29 is 9.67 Å². The molecule has 2 heteroatoms. The van der Waals surface area contributed by atoms with Crippen LogP contribution >= 0.6 is 0 Å². The molecular weight excluding hydrogens is 186 g/mol. The van der Waals surface area contributed by atoms with Gasteiger partial charge in [0.25, 0.3) is 0 Å². The lowest BCUT2D eigenvalue weighted by atomic mass is 10.1. The van der Waals surface area contributed by atoms with Crippen molar-refractivity contribution in [1.82, 2.24) is 0 Å². The van der Waals surface area contributed by atoms with Crippen molar-refractivity contribution in [3.63, 3.8) is 0 Å². The molecule has 76 valence electrons. The molecule has 0 atom stereocenters. The SMILES string of the molecule is C=CC[n+]1c(O)ccc2cc(C)ccc21. The predicted octanol–water partition coefficient (Wildman–Crippen LogP) is 2.33. The number of rotatable bonds is 2. The second kappa shape index (κ2) is 3.73. The normalized spacial score (nSPS) is 10.5. The molecule has 0 amide bonds. The Bertz CT molecular complexity index is 517. The zero-order valence-corrected chi connectivity index (χ0v) is 8.77. The number of nitrogens with zero attached hydrogens (tertiary/aromatic N) is 1. The minimum absolute atomic E-state index is 0.270. The van der Waals surface area contributed by atoms with Crippen molar-refractivity contribution in [2.24, 2.45) is 0 Å². The molecule has 0 aliphatic rings. The lowest BCUT2D eigenvalue weighted by molar-refractivity contribution is -0.667. The van der Waals surface area contributed by atoms with Gasteiger partial charge in [0.2, 0.25) is 5.52 Å². The summed E-state index contributed by atoms with van der Waals surface area (Å²) < 4.78 is 1.84. The summed E-state index contributed by atoms with van der Waals surface area (Å²) >= 11 is 0. The number of hydrogen-bond acceptors (Lipinski definition) is 1. The van der Waals surface area contributed by atoms with Gasteiger partial charge in [0.05, 0.1) is 6.07 Å². The number of fused-ring (bicyclic) bond motifs is 1. The number of benzene rings is 1. The molecule has 1 heterocycles. The highest BCUT2D eigenvalue weighted by molar-refractivity contribution is 5.76.